The van der Waals surface area contributed by atoms with E-state index < -0.39 is 11.6 Å². The first-order valence-corrected chi connectivity index (χ1v) is 5.45. The Morgan fingerprint density at radius 1 is 1.56 bits per heavy atom. The van der Waals surface area contributed by atoms with Crippen molar-refractivity contribution in [2.45, 2.75) is 32.8 Å². The van der Waals surface area contributed by atoms with E-state index in [-0.39, 0.29) is 0 Å². The fourth-order valence-electron chi connectivity index (χ4n) is 1.24. The summed E-state index contributed by atoms with van der Waals surface area (Å²) in [6.07, 6.45) is 0.393. The van der Waals surface area contributed by atoms with Gasteiger partial charge in [-0.2, -0.15) is 0 Å². The normalized spacial score (nSPS) is 14.2. The van der Waals surface area contributed by atoms with Crippen molar-refractivity contribution in [3.8, 4) is 5.75 Å². The third-order valence-corrected chi connectivity index (χ3v) is 2.83. The molecule has 1 rings (SSSR count). The lowest BCUT2D eigenvalue weighted by Crippen LogP contribution is -2.40. The first-order valence-electron chi connectivity index (χ1n) is 5.07. The summed E-state index contributed by atoms with van der Waals surface area (Å²) in [5.74, 6) is -0.416. The smallest absolute Gasteiger partial charge is 0.347 e. The number of aliphatic carboxylic acids is 1. The SMILES string of the molecule is CC[C@@](C)(Oc1ccc(Cl)cc1C)C(=O)O. The number of carboxylic acids is 1. The largest absolute Gasteiger partial charge is 0.478 e. The van der Waals surface area contributed by atoms with Crippen molar-refractivity contribution in [3.63, 3.8) is 0 Å². The van der Waals surface area contributed by atoms with Gasteiger partial charge in [-0.15, -0.1) is 0 Å². The molecule has 3 nitrogen and oxygen atoms in total. The van der Waals surface area contributed by atoms with Crippen LogP contribution in [0.15, 0.2) is 18.2 Å². The van der Waals surface area contributed by atoms with Crippen LogP contribution in [0.5, 0.6) is 5.75 Å². The molecule has 16 heavy (non-hydrogen) atoms. The van der Waals surface area contributed by atoms with Crippen LogP contribution in [0, 0.1) is 6.92 Å². The Balaban J connectivity index is 2.99. The maximum atomic E-state index is 11.1. The summed E-state index contributed by atoms with van der Waals surface area (Å²) in [5.41, 5.74) is -0.369. The van der Waals surface area contributed by atoms with Crippen LogP contribution in [0.2, 0.25) is 5.02 Å². The second-order valence-corrected chi connectivity index (χ2v) is 4.34. The fourth-order valence-corrected chi connectivity index (χ4v) is 1.46. The highest BCUT2D eigenvalue weighted by atomic mass is 35.5. The number of halogens is 1. The molecule has 0 aliphatic rings. The van der Waals surface area contributed by atoms with Crippen molar-refractivity contribution in [2.75, 3.05) is 0 Å². The minimum Gasteiger partial charge on any atom is -0.478 e. The lowest BCUT2D eigenvalue weighted by atomic mass is 10.0. The van der Waals surface area contributed by atoms with Gasteiger partial charge in [-0.3, -0.25) is 0 Å². The van der Waals surface area contributed by atoms with Crippen molar-refractivity contribution in [1.82, 2.24) is 0 Å². The topological polar surface area (TPSA) is 46.5 Å². The third-order valence-electron chi connectivity index (χ3n) is 2.60. The van der Waals surface area contributed by atoms with E-state index in [0.29, 0.717) is 17.2 Å². The van der Waals surface area contributed by atoms with E-state index in [1.807, 2.05) is 6.92 Å². The molecular formula is C12H15ClO3. The summed E-state index contributed by atoms with van der Waals surface area (Å²) >= 11 is 5.81. The molecule has 1 N–H and O–H groups in total. The fraction of sp³-hybridized carbons (Fsp3) is 0.417. The van der Waals surface area contributed by atoms with Crippen molar-refractivity contribution in [1.29, 1.82) is 0 Å². The number of carboxylic acid groups (broad SMARTS) is 1. The Morgan fingerprint density at radius 3 is 2.62 bits per heavy atom. The molecule has 0 unspecified atom stereocenters. The number of hydrogen-bond acceptors (Lipinski definition) is 2. The quantitative estimate of drug-likeness (QED) is 0.881. The van der Waals surface area contributed by atoms with E-state index in [9.17, 15) is 4.79 Å². The number of rotatable bonds is 4. The maximum Gasteiger partial charge on any atom is 0.347 e. The molecule has 0 spiro atoms. The van der Waals surface area contributed by atoms with Crippen LogP contribution in [-0.2, 0) is 4.79 Å². The van der Waals surface area contributed by atoms with Crippen LogP contribution >= 0.6 is 11.6 Å². The van der Waals surface area contributed by atoms with Crippen LogP contribution in [0.1, 0.15) is 25.8 Å². The number of ether oxygens (including phenoxy) is 1. The highest BCUT2D eigenvalue weighted by molar-refractivity contribution is 6.30. The highest BCUT2D eigenvalue weighted by Crippen LogP contribution is 2.27. The summed E-state index contributed by atoms with van der Waals surface area (Å²) in [6, 6.07) is 5.12. The highest BCUT2D eigenvalue weighted by Gasteiger charge is 2.33. The molecule has 1 aromatic carbocycles. The Labute approximate surface area is 100.0 Å². The van der Waals surface area contributed by atoms with Gasteiger partial charge in [0.05, 0.1) is 0 Å². The molecule has 0 heterocycles. The van der Waals surface area contributed by atoms with Crippen LogP contribution in [0.3, 0.4) is 0 Å². The van der Waals surface area contributed by atoms with Gasteiger partial charge >= 0.3 is 5.97 Å². The number of carbonyl (C=O) groups is 1. The molecule has 0 aromatic heterocycles. The zero-order valence-electron chi connectivity index (χ0n) is 9.58. The van der Waals surface area contributed by atoms with E-state index in [1.54, 1.807) is 32.0 Å². The van der Waals surface area contributed by atoms with E-state index in [2.05, 4.69) is 0 Å². The van der Waals surface area contributed by atoms with Crippen molar-refractivity contribution in [3.05, 3.63) is 28.8 Å². The second-order valence-electron chi connectivity index (χ2n) is 3.90. The predicted octanol–water partition coefficient (Wildman–Crippen LogP) is 3.28. The van der Waals surface area contributed by atoms with Gasteiger partial charge < -0.3 is 9.84 Å². The standard InChI is InChI=1S/C12H15ClO3/c1-4-12(3,11(14)15)16-10-6-5-9(13)7-8(10)2/h5-7H,4H2,1-3H3,(H,14,15)/t12-/m1/s1. The molecule has 0 aliphatic heterocycles. The maximum absolute atomic E-state index is 11.1. The minimum atomic E-state index is -1.20. The molecule has 1 atom stereocenters. The van der Waals surface area contributed by atoms with Gasteiger partial charge in [0.2, 0.25) is 5.60 Å². The van der Waals surface area contributed by atoms with Crippen LogP contribution in [0.4, 0.5) is 0 Å². The average molecular weight is 243 g/mol. The van der Waals surface area contributed by atoms with Crippen molar-refractivity contribution >= 4 is 17.6 Å². The monoisotopic (exact) mass is 242 g/mol. The summed E-state index contributed by atoms with van der Waals surface area (Å²) in [6.45, 7) is 5.17. The Hall–Kier alpha value is -1.22. The second kappa shape index (κ2) is 4.74. The molecule has 4 heteroatoms. The molecular weight excluding hydrogens is 228 g/mol. The summed E-state index contributed by atoms with van der Waals surface area (Å²) < 4.78 is 5.54. The molecule has 88 valence electrons. The Kier molecular flexibility index (Phi) is 3.81. The van der Waals surface area contributed by atoms with E-state index in [0.717, 1.165) is 5.56 Å². The first-order chi connectivity index (χ1) is 7.39. The number of hydrogen-bond donors (Lipinski definition) is 1. The zero-order valence-corrected chi connectivity index (χ0v) is 10.3. The third kappa shape index (κ3) is 2.67. The van der Waals surface area contributed by atoms with E-state index in [4.69, 9.17) is 21.4 Å². The van der Waals surface area contributed by atoms with Crippen LogP contribution in [-0.4, -0.2) is 16.7 Å². The van der Waals surface area contributed by atoms with Crippen molar-refractivity contribution in [2.24, 2.45) is 0 Å². The predicted molar refractivity (Wildman–Crippen MR) is 63.1 cm³/mol. The summed E-state index contributed by atoms with van der Waals surface area (Å²) in [4.78, 5) is 11.1. The molecule has 0 aliphatic carbocycles. The minimum absolute atomic E-state index is 0.393. The van der Waals surface area contributed by atoms with Gasteiger partial charge in [0.15, 0.2) is 0 Å². The van der Waals surface area contributed by atoms with Gasteiger partial charge in [-0.25, -0.2) is 4.79 Å². The summed E-state index contributed by atoms with van der Waals surface area (Å²) in [5, 5.41) is 9.70. The Bertz CT molecular complexity index is 403. The van der Waals surface area contributed by atoms with Crippen LogP contribution in [0.25, 0.3) is 0 Å². The molecule has 0 saturated heterocycles. The summed E-state index contributed by atoms with van der Waals surface area (Å²) in [7, 11) is 0. The van der Waals surface area contributed by atoms with Gasteiger partial charge in [0.25, 0.3) is 0 Å². The number of aryl methyl sites for hydroxylation is 1. The van der Waals surface area contributed by atoms with Gasteiger partial charge in [0.1, 0.15) is 5.75 Å². The van der Waals surface area contributed by atoms with Gasteiger partial charge in [-0.1, -0.05) is 18.5 Å². The molecule has 0 bridgehead atoms. The lowest BCUT2D eigenvalue weighted by Gasteiger charge is -2.25. The van der Waals surface area contributed by atoms with Gasteiger partial charge in [-0.05, 0) is 44.0 Å². The zero-order chi connectivity index (χ0) is 12.3. The molecule has 0 saturated carbocycles. The van der Waals surface area contributed by atoms with Crippen LogP contribution < -0.4 is 4.74 Å². The molecule has 0 fully saturated rings. The first kappa shape index (κ1) is 12.8. The molecule has 0 radical (unpaired) electrons. The van der Waals surface area contributed by atoms with Crippen molar-refractivity contribution < 1.29 is 14.6 Å². The lowest BCUT2D eigenvalue weighted by molar-refractivity contribution is -0.154. The number of benzene rings is 1. The Morgan fingerprint density at radius 2 is 2.19 bits per heavy atom. The van der Waals surface area contributed by atoms with E-state index >= 15 is 0 Å². The van der Waals surface area contributed by atoms with E-state index in [1.165, 1.54) is 0 Å². The van der Waals surface area contributed by atoms with Gasteiger partial charge in [0, 0.05) is 5.02 Å². The average Bonchev–Trinajstić information content (AvgIpc) is 2.22. The molecule has 0 amide bonds. The molecule has 1 aromatic rings.